The van der Waals surface area contributed by atoms with Gasteiger partial charge in [0.15, 0.2) is 6.23 Å². The third kappa shape index (κ3) is 2.69. The highest BCUT2D eigenvalue weighted by Gasteiger charge is 2.28. The molecule has 116 valence electrons. The highest BCUT2D eigenvalue weighted by Crippen LogP contribution is 2.22. The van der Waals surface area contributed by atoms with Crippen molar-refractivity contribution in [2.45, 2.75) is 32.0 Å². The van der Waals surface area contributed by atoms with E-state index in [2.05, 4.69) is 10.1 Å². The summed E-state index contributed by atoms with van der Waals surface area (Å²) in [5.41, 5.74) is 0.167. The average molecular weight is 308 g/mol. The Kier molecular flexibility index (Phi) is 3.61. The van der Waals surface area contributed by atoms with E-state index in [0.29, 0.717) is 30.7 Å². The summed E-state index contributed by atoms with van der Waals surface area (Å²) in [5.74, 6) is -0.118. The first-order valence-corrected chi connectivity index (χ1v) is 6.73. The van der Waals surface area contributed by atoms with Crippen molar-refractivity contribution in [1.29, 1.82) is 0 Å². The zero-order valence-electron chi connectivity index (χ0n) is 11.5. The van der Waals surface area contributed by atoms with Gasteiger partial charge in [-0.3, -0.25) is 0 Å². The van der Waals surface area contributed by atoms with Crippen molar-refractivity contribution in [2.75, 3.05) is 0 Å². The van der Waals surface area contributed by atoms with E-state index in [1.807, 2.05) is 0 Å². The zero-order chi connectivity index (χ0) is 15.7. The molecule has 22 heavy (non-hydrogen) atoms. The molecule has 0 saturated carbocycles. The highest BCUT2D eigenvalue weighted by molar-refractivity contribution is 5.56. The van der Waals surface area contributed by atoms with Crippen molar-refractivity contribution in [3.8, 4) is 0 Å². The van der Waals surface area contributed by atoms with Gasteiger partial charge in [-0.2, -0.15) is 9.49 Å². The Labute approximate surface area is 123 Å². The van der Waals surface area contributed by atoms with Gasteiger partial charge in [0.1, 0.15) is 5.82 Å². The first kappa shape index (κ1) is 14.2. The molecule has 1 aliphatic heterocycles. The maximum atomic E-state index is 12.8. The topological polar surface area (TPSA) is 99.2 Å². The second-order valence-electron chi connectivity index (χ2n) is 4.95. The molecular weight excluding hydrogens is 295 g/mol. The van der Waals surface area contributed by atoms with Gasteiger partial charge in [-0.25, -0.2) is 23.8 Å². The van der Waals surface area contributed by atoms with Gasteiger partial charge in [0.25, 0.3) is 0 Å². The quantitative estimate of drug-likeness (QED) is 0.674. The lowest BCUT2D eigenvalue weighted by atomic mass is 10.1. The van der Waals surface area contributed by atoms with Crippen molar-refractivity contribution in [3.05, 3.63) is 46.1 Å². The number of ether oxygens (including phenoxy) is 1. The lowest BCUT2D eigenvalue weighted by Crippen LogP contribution is -2.33. The second-order valence-corrected chi connectivity index (χ2v) is 4.95. The van der Waals surface area contributed by atoms with Gasteiger partial charge in [0.05, 0.1) is 6.54 Å². The number of fused-ring (bicyclic) bond motifs is 1. The Bertz CT molecular complexity index is 752. The van der Waals surface area contributed by atoms with Gasteiger partial charge < -0.3 is 9.84 Å². The number of pyridine rings is 1. The SMILES string of the molecule is O=C(O)O[C@H]1CCCc2nn(Cc3ccc(F)nc3)c(=O)n21. The molecule has 0 amide bonds. The van der Waals surface area contributed by atoms with E-state index in [1.165, 1.54) is 27.6 Å². The third-order valence-electron chi connectivity index (χ3n) is 3.44. The van der Waals surface area contributed by atoms with Crippen LogP contribution in [0.1, 0.15) is 30.5 Å². The number of carbonyl (C=O) groups is 1. The maximum Gasteiger partial charge on any atom is 0.507 e. The van der Waals surface area contributed by atoms with Crippen LogP contribution in [0.2, 0.25) is 0 Å². The summed E-state index contributed by atoms with van der Waals surface area (Å²) in [6.45, 7) is 0.131. The summed E-state index contributed by atoms with van der Waals surface area (Å²) in [7, 11) is 0. The van der Waals surface area contributed by atoms with E-state index in [0.717, 1.165) is 0 Å². The highest BCUT2D eigenvalue weighted by atomic mass is 19.1. The Morgan fingerprint density at radius 1 is 1.50 bits per heavy atom. The smallest absolute Gasteiger partial charge is 0.450 e. The van der Waals surface area contributed by atoms with Crippen molar-refractivity contribution in [3.63, 3.8) is 0 Å². The first-order chi connectivity index (χ1) is 10.5. The van der Waals surface area contributed by atoms with Crippen LogP contribution in [0.3, 0.4) is 0 Å². The predicted octanol–water partition coefficient (Wildman–Crippen LogP) is 1.16. The molecule has 0 unspecified atom stereocenters. The Morgan fingerprint density at radius 2 is 2.32 bits per heavy atom. The molecule has 8 nitrogen and oxygen atoms in total. The Balaban J connectivity index is 1.91. The van der Waals surface area contributed by atoms with E-state index < -0.39 is 24.0 Å². The van der Waals surface area contributed by atoms with Crippen LogP contribution in [0, 0.1) is 5.95 Å². The Morgan fingerprint density at radius 3 is 3.00 bits per heavy atom. The molecule has 0 saturated heterocycles. The monoisotopic (exact) mass is 308 g/mol. The van der Waals surface area contributed by atoms with Crippen LogP contribution in [-0.2, 0) is 17.7 Å². The summed E-state index contributed by atoms with van der Waals surface area (Å²) in [6, 6.07) is 2.71. The fourth-order valence-corrected chi connectivity index (χ4v) is 2.49. The summed E-state index contributed by atoms with van der Waals surface area (Å²) in [6.07, 6.45) is 0.735. The number of nitrogens with zero attached hydrogens (tertiary/aromatic N) is 4. The number of carboxylic acid groups (broad SMARTS) is 1. The molecule has 3 rings (SSSR count). The summed E-state index contributed by atoms with van der Waals surface area (Å²) in [4.78, 5) is 26.6. The van der Waals surface area contributed by atoms with Gasteiger partial charge in [-0.05, 0) is 18.1 Å². The summed E-state index contributed by atoms with van der Waals surface area (Å²) < 4.78 is 20.0. The fourth-order valence-electron chi connectivity index (χ4n) is 2.49. The summed E-state index contributed by atoms with van der Waals surface area (Å²) >= 11 is 0. The Hall–Kier alpha value is -2.71. The molecule has 2 aromatic heterocycles. The number of rotatable bonds is 3. The van der Waals surface area contributed by atoms with Crippen LogP contribution in [0.15, 0.2) is 23.1 Å². The minimum atomic E-state index is -1.43. The second kappa shape index (κ2) is 5.58. The molecule has 0 fully saturated rings. The van der Waals surface area contributed by atoms with Gasteiger partial charge in [-0.15, -0.1) is 0 Å². The molecule has 0 spiro atoms. The average Bonchev–Trinajstić information content (AvgIpc) is 2.78. The van der Waals surface area contributed by atoms with E-state index >= 15 is 0 Å². The molecular formula is C13H13FN4O4. The molecule has 1 N–H and O–H groups in total. The zero-order valence-corrected chi connectivity index (χ0v) is 11.5. The normalized spacial score (nSPS) is 17.0. The maximum absolute atomic E-state index is 12.8. The van der Waals surface area contributed by atoms with E-state index in [-0.39, 0.29) is 6.54 Å². The van der Waals surface area contributed by atoms with Crippen molar-refractivity contribution < 1.29 is 19.0 Å². The number of hydrogen-bond acceptors (Lipinski definition) is 5. The predicted molar refractivity (Wildman–Crippen MR) is 70.9 cm³/mol. The molecule has 3 heterocycles. The molecule has 9 heteroatoms. The van der Waals surface area contributed by atoms with Crippen LogP contribution in [0.5, 0.6) is 0 Å². The molecule has 0 aliphatic carbocycles. The van der Waals surface area contributed by atoms with Gasteiger partial charge >= 0.3 is 11.8 Å². The number of aromatic nitrogens is 4. The molecule has 0 radical (unpaired) electrons. The van der Waals surface area contributed by atoms with Crippen molar-refractivity contribution in [1.82, 2.24) is 19.3 Å². The largest absolute Gasteiger partial charge is 0.507 e. The van der Waals surface area contributed by atoms with Crippen LogP contribution in [0.4, 0.5) is 9.18 Å². The van der Waals surface area contributed by atoms with Gasteiger partial charge in [0, 0.05) is 19.0 Å². The fraction of sp³-hybridized carbons (Fsp3) is 0.385. The molecule has 1 atom stereocenters. The third-order valence-corrected chi connectivity index (χ3v) is 3.44. The van der Waals surface area contributed by atoms with Crippen molar-refractivity contribution >= 4 is 6.16 Å². The minimum Gasteiger partial charge on any atom is -0.450 e. The number of aryl methyl sites for hydroxylation is 1. The lowest BCUT2D eigenvalue weighted by molar-refractivity contribution is 0.00392. The standard InChI is InChI=1S/C13H13FN4O4/c14-9-5-4-8(6-15-9)7-17-12(19)18-10(16-17)2-1-3-11(18)22-13(20)21/h4-6,11H,1-3,7H2,(H,20,21)/t11-/m0/s1. The van der Waals surface area contributed by atoms with Crippen molar-refractivity contribution in [2.24, 2.45) is 0 Å². The van der Waals surface area contributed by atoms with E-state index in [4.69, 9.17) is 9.84 Å². The van der Waals surface area contributed by atoms with Gasteiger partial charge in [0.2, 0.25) is 5.95 Å². The molecule has 1 aliphatic rings. The number of halogens is 1. The first-order valence-electron chi connectivity index (χ1n) is 6.73. The minimum absolute atomic E-state index is 0.131. The van der Waals surface area contributed by atoms with Crippen LogP contribution in [-0.4, -0.2) is 30.6 Å². The lowest BCUT2D eigenvalue weighted by Gasteiger charge is -2.21. The molecule has 0 aromatic carbocycles. The number of hydrogen-bond donors (Lipinski definition) is 1. The van der Waals surface area contributed by atoms with Crippen LogP contribution >= 0.6 is 0 Å². The molecule has 0 bridgehead atoms. The van der Waals surface area contributed by atoms with E-state index in [9.17, 15) is 14.0 Å². The van der Waals surface area contributed by atoms with Crippen LogP contribution < -0.4 is 5.69 Å². The summed E-state index contributed by atoms with van der Waals surface area (Å²) in [5, 5.41) is 12.9. The van der Waals surface area contributed by atoms with Gasteiger partial charge in [-0.1, -0.05) is 6.07 Å². The molecule has 2 aromatic rings. The van der Waals surface area contributed by atoms with Crippen LogP contribution in [0.25, 0.3) is 0 Å². The van der Waals surface area contributed by atoms with E-state index in [1.54, 1.807) is 0 Å².